The minimum atomic E-state index is -0.309. The van der Waals surface area contributed by atoms with Gasteiger partial charge in [0.05, 0.1) is 5.70 Å². The smallest absolute Gasteiger partial charge is 0.226 e. The molecule has 0 saturated heterocycles. The van der Waals surface area contributed by atoms with Crippen LogP contribution in [0.2, 0.25) is 5.02 Å². The van der Waals surface area contributed by atoms with Gasteiger partial charge in [-0.15, -0.1) is 0 Å². The molecular formula is C27H24ClN5O. The summed E-state index contributed by atoms with van der Waals surface area (Å²) in [6.45, 7) is 2.09. The predicted molar refractivity (Wildman–Crippen MR) is 135 cm³/mol. The van der Waals surface area contributed by atoms with E-state index in [9.17, 15) is 0 Å². The van der Waals surface area contributed by atoms with Gasteiger partial charge in [0.15, 0.2) is 0 Å². The average molecular weight is 470 g/mol. The molecule has 4 aromatic rings. The molecule has 0 spiro atoms. The number of hydrogen-bond donors (Lipinski definition) is 1. The van der Waals surface area contributed by atoms with E-state index in [0.29, 0.717) is 11.0 Å². The third-order valence-corrected chi connectivity index (χ3v) is 6.72. The molecule has 0 radical (unpaired) electrons. The number of ether oxygens (including phenoxy) is 1. The highest BCUT2D eigenvalue weighted by molar-refractivity contribution is 6.30. The SMILES string of the molecule is Cc1ccc([C@@H]2C3=C(Nc4ncnn42)c2cc(Cl)ccc2O[C@H]3c2ccc(N(C)C)cc2)cc1. The lowest BCUT2D eigenvalue weighted by Gasteiger charge is -2.39. The summed E-state index contributed by atoms with van der Waals surface area (Å²) < 4.78 is 8.61. The first-order chi connectivity index (χ1) is 16.5. The van der Waals surface area contributed by atoms with Gasteiger partial charge in [-0.05, 0) is 48.4 Å². The first-order valence-corrected chi connectivity index (χ1v) is 11.6. The Kier molecular flexibility index (Phi) is 4.85. The fourth-order valence-corrected chi connectivity index (χ4v) is 4.91. The predicted octanol–water partition coefficient (Wildman–Crippen LogP) is 5.87. The van der Waals surface area contributed by atoms with E-state index in [1.165, 1.54) is 5.56 Å². The number of rotatable bonds is 3. The second-order valence-corrected chi connectivity index (χ2v) is 9.36. The zero-order chi connectivity index (χ0) is 23.4. The number of nitrogens with one attached hydrogen (secondary N) is 1. The number of aryl methyl sites for hydroxylation is 1. The lowest BCUT2D eigenvalue weighted by atomic mass is 9.84. The first kappa shape index (κ1) is 20.8. The van der Waals surface area contributed by atoms with E-state index in [-0.39, 0.29) is 12.1 Å². The topological polar surface area (TPSA) is 55.2 Å². The zero-order valence-electron chi connectivity index (χ0n) is 19.2. The van der Waals surface area contributed by atoms with Crippen LogP contribution >= 0.6 is 11.6 Å². The Bertz CT molecular complexity index is 1410. The van der Waals surface area contributed by atoms with E-state index in [1.54, 1.807) is 6.33 Å². The Morgan fingerprint density at radius 3 is 2.44 bits per heavy atom. The highest BCUT2D eigenvalue weighted by Crippen LogP contribution is 2.51. The van der Waals surface area contributed by atoms with E-state index >= 15 is 0 Å². The molecule has 0 bridgehead atoms. The molecule has 0 amide bonds. The van der Waals surface area contributed by atoms with Crippen molar-refractivity contribution in [3.8, 4) is 5.75 Å². The van der Waals surface area contributed by atoms with Crippen LogP contribution in [-0.4, -0.2) is 28.9 Å². The standard InChI is InChI=1S/C27H24ClN5O/c1-16-4-6-17(7-5-16)25-23-24(31-27-29-15-30-33(25)27)21-14-19(28)10-13-22(21)34-26(23)18-8-11-20(12-9-18)32(2)3/h4-15,25-26H,1-3H3,(H,29,30,31)/t25-,26+/m1/s1. The maximum absolute atomic E-state index is 6.68. The minimum Gasteiger partial charge on any atom is -0.480 e. The molecule has 1 aromatic heterocycles. The van der Waals surface area contributed by atoms with Crippen LogP contribution < -0.4 is 15.0 Å². The fourth-order valence-electron chi connectivity index (χ4n) is 4.73. The van der Waals surface area contributed by atoms with Crippen molar-refractivity contribution < 1.29 is 4.74 Å². The Hall–Kier alpha value is -3.77. The molecule has 6 rings (SSSR count). The minimum absolute atomic E-state index is 0.181. The Labute approximate surface area is 203 Å². The fraction of sp³-hybridized carbons (Fsp3) is 0.185. The molecule has 34 heavy (non-hydrogen) atoms. The number of nitrogens with zero attached hydrogens (tertiary/aromatic N) is 4. The van der Waals surface area contributed by atoms with Gasteiger partial charge in [-0.25, -0.2) is 4.68 Å². The summed E-state index contributed by atoms with van der Waals surface area (Å²) >= 11 is 6.41. The van der Waals surface area contributed by atoms with Gasteiger partial charge in [-0.1, -0.05) is 53.6 Å². The van der Waals surface area contributed by atoms with Gasteiger partial charge < -0.3 is 15.0 Å². The number of aromatic nitrogens is 3. The number of hydrogen-bond acceptors (Lipinski definition) is 5. The van der Waals surface area contributed by atoms with E-state index < -0.39 is 0 Å². The van der Waals surface area contributed by atoms with Gasteiger partial charge in [0.1, 0.15) is 24.2 Å². The molecule has 2 atom stereocenters. The highest BCUT2D eigenvalue weighted by Gasteiger charge is 2.41. The lowest BCUT2D eigenvalue weighted by molar-refractivity contribution is 0.223. The highest BCUT2D eigenvalue weighted by atomic mass is 35.5. The number of halogens is 1. The van der Waals surface area contributed by atoms with Gasteiger partial charge >= 0.3 is 0 Å². The van der Waals surface area contributed by atoms with Crippen molar-refractivity contribution in [3.63, 3.8) is 0 Å². The zero-order valence-corrected chi connectivity index (χ0v) is 19.9. The Morgan fingerprint density at radius 2 is 1.71 bits per heavy atom. The molecule has 0 aliphatic carbocycles. The molecular weight excluding hydrogens is 446 g/mol. The van der Waals surface area contributed by atoms with E-state index in [1.807, 2.05) is 37.0 Å². The summed E-state index contributed by atoms with van der Waals surface area (Å²) in [6, 6.07) is 22.6. The average Bonchev–Trinajstić information content (AvgIpc) is 3.31. The molecule has 1 N–H and O–H groups in total. The first-order valence-electron chi connectivity index (χ1n) is 11.2. The van der Waals surface area contributed by atoms with Crippen LogP contribution in [0, 0.1) is 6.92 Å². The van der Waals surface area contributed by atoms with Gasteiger partial charge in [-0.2, -0.15) is 10.1 Å². The molecule has 170 valence electrons. The van der Waals surface area contributed by atoms with Crippen molar-refractivity contribution in [3.05, 3.63) is 106 Å². The van der Waals surface area contributed by atoms with E-state index in [4.69, 9.17) is 16.3 Å². The summed E-state index contributed by atoms with van der Waals surface area (Å²) in [7, 11) is 4.08. The van der Waals surface area contributed by atoms with Crippen molar-refractivity contribution in [2.45, 2.75) is 19.1 Å². The van der Waals surface area contributed by atoms with Crippen LogP contribution in [0.3, 0.4) is 0 Å². The number of benzene rings is 3. The van der Waals surface area contributed by atoms with Gasteiger partial charge in [0.2, 0.25) is 5.95 Å². The quantitative estimate of drug-likeness (QED) is 0.407. The third-order valence-electron chi connectivity index (χ3n) is 6.48. The Balaban J connectivity index is 1.59. The number of fused-ring (bicyclic) bond motifs is 3. The molecule has 0 fully saturated rings. The van der Waals surface area contributed by atoms with Crippen molar-refractivity contribution in [1.29, 1.82) is 0 Å². The van der Waals surface area contributed by atoms with Crippen LogP contribution in [0.15, 0.2) is 78.6 Å². The van der Waals surface area contributed by atoms with Crippen LogP contribution in [0.5, 0.6) is 5.75 Å². The summed E-state index contributed by atoms with van der Waals surface area (Å²) in [6.07, 6.45) is 1.28. The molecule has 3 aromatic carbocycles. The van der Waals surface area contributed by atoms with Crippen LogP contribution in [0.25, 0.3) is 5.70 Å². The maximum atomic E-state index is 6.68. The van der Waals surface area contributed by atoms with Crippen LogP contribution in [0.4, 0.5) is 11.6 Å². The molecule has 7 heteroatoms. The Morgan fingerprint density at radius 1 is 0.971 bits per heavy atom. The van der Waals surface area contributed by atoms with Gasteiger partial charge in [0.25, 0.3) is 0 Å². The van der Waals surface area contributed by atoms with E-state index in [2.05, 4.69) is 75.8 Å². The summed E-state index contributed by atoms with van der Waals surface area (Å²) in [5.41, 5.74) is 7.51. The summed E-state index contributed by atoms with van der Waals surface area (Å²) in [5, 5.41) is 8.77. The second-order valence-electron chi connectivity index (χ2n) is 8.92. The number of anilines is 2. The van der Waals surface area contributed by atoms with Crippen molar-refractivity contribution in [1.82, 2.24) is 14.8 Å². The summed E-state index contributed by atoms with van der Waals surface area (Å²) in [5.74, 6) is 1.48. The van der Waals surface area contributed by atoms with Gasteiger partial charge in [-0.3, -0.25) is 0 Å². The van der Waals surface area contributed by atoms with Crippen molar-refractivity contribution >= 4 is 28.9 Å². The molecule has 2 aliphatic heterocycles. The van der Waals surface area contributed by atoms with Gasteiger partial charge in [0, 0.05) is 35.9 Å². The normalized spacial score (nSPS) is 18.4. The summed E-state index contributed by atoms with van der Waals surface area (Å²) in [4.78, 5) is 6.58. The van der Waals surface area contributed by atoms with Crippen molar-refractivity contribution in [2.24, 2.45) is 0 Å². The molecule has 2 aliphatic rings. The molecule has 0 unspecified atom stereocenters. The lowest BCUT2D eigenvalue weighted by Crippen LogP contribution is -2.32. The third kappa shape index (κ3) is 3.33. The molecule has 3 heterocycles. The van der Waals surface area contributed by atoms with Crippen LogP contribution in [-0.2, 0) is 0 Å². The second kappa shape index (κ2) is 7.92. The molecule has 0 saturated carbocycles. The monoisotopic (exact) mass is 469 g/mol. The molecule has 6 nitrogen and oxygen atoms in total. The van der Waals surface area contributed by atoms with Crippen LogP contribution in [0.1, 0.15) is 34.4 Å². The van der Waals surface area contributed by atoms with Crippen molar-refractivity contribution in [2.75, 3.05) is 24.3 Å². The largest absolute Gasteiger partial charge is 0.480 e. The maximum Gasteiger partial charge on any atom is 0.226 e. The van der Waals surface area contributed by atoms with E-state index in [0.717, 1.165) is 39.4 Å².